The Labute approximate surface area is 161 Å². The minimum Gasteiger partial charge on any atom is -0.491 e. The Morgan fingerprint density at radius 1 is 1.19 bits per heavy atom. The highest BCUT2D eigenvalue weighted by Gasteiger charge is 2.07. The summed E-state index contributed by atoms with van der Waals surface area (Å²) in [5, 5.41) is 10.5. The summed E-state index contributed by atoms with van der Waals surface area (Å²) in [7, 11) is 1.66. The van der Waals surface area contributed by atoms with Crippen molar-refractivity contribution in [2.24, 2.45) is 4.99 Å². The molecule has 0 radical (unpaired) electrons. The average Bonchev–Trinajstić information content (AvgIpc) is 3.13. The van der Waals surface area contributed by atoms with Crippen molar-refractivity contribution in [3.8, 4) is 5.75 Å². The Hall–Kier alpha value is -2.54. The van der Waals surface area contributed by atoms with Gasteiger partial charge >= 0.3 is 0 Å². The number of hydrogen-bond donors (Lipinski definition) is 2. The van der Waals surface area contributed by atoms with Crippen LogP contribution >= 0.6 is 0 Å². The molecule has 27 heavy (non-hydrogen) atoms. The van der Waals surface area contributed by atoms with Gasteiger partial charge in [-0.2, -0.15) is 0 Å². The van der Waals surface area contributed by atoms with Gasteiger partial charge in [-0.15, -0.1) is 0 Å². The number of nitrogens with zero attached hydrogens (tertiary/aromatic N) is 2. The molecule has 1 aromatic carbocycles. The van der Waals surface area contributed by atoms with Crippen LogP contribution in [-0.2, 0) is 24.2 Å². The standard InChI is InChI=1S/C20H30N4O3/c1-5-17-12-18(27-24-17)14-23-20(21-6-2)22-13-16-8-7-15(3)11-19(16)26-10-9-25-4/h7-8,11-12H,5-6,9-10,13-14H2,1-4H3,(H2,21,22,23). The Morgan fingerprint density at radius 3 is 2.74 bits per heavy atom. The number of guanidine groups is 1. The molecular weight excluding hydrogens is 344 g/mol. The van der Waals surface area contributed by atoms with Crippen molar-refractivity contribution in [2.75, 3.05) is 26.9 Å². The molecule has 2 rings (SSSR count). The molecular formula is C20H30N4O3. The molecule has 0 saturated heterocycles. The van der Waals surface area contributed by atoms with Crippen LogP contribution in [0.1, 0.15) is 36.4 Å². The Kier molecular flexibility index (Phi) is 8.64. The molecule has 7 heteroatoms. The van der Waals surface area contributed by atoms with Gasteiger partial charge in [0.2, 0.25) is 0 Å². The van der Waals surface area contributed by atoms with Crippen LogP contribution in [0.4, 0.5) is 0 Å². The van der Waals surface area contributed by atoms with E-state index in [0.29, 0.717) is 26.3 Å². The van der Waals surface area contributed by atoms with Crippen LogP contribution in [0.15, 0.2) is 33.8 Å². The van der Waals surface area contributed by atoms with Crippen LogP contribution in [0.25, 0.3) is 0 Å². The zero-order chi connectivity index (χ0) is 19.5. The molecule has 148 valence electrons. The van der Waals surface area contributed by atoms with E-state index in [0.717, 1.165) is 47.3 Å². The number of aliphatic imine (C=N–C) groups is 1. The molecule has 0 atom stereocenters. The topological polar surface area (TPSA) is 80.9 Å². The molecule has 1 aromatic heterocycles. The van der Waals surface area contributed by atoms with Crippen molar-refractivity contribution in [3.63, 3.8) is 0 Å². The van der Waals surface area contributed by atoms with Crippen LogP contribution in [0.3, 0.4) is 0 Å². The first kappa shape index (κ1) is 20.8. The average molecular weight is 374 g/mol. The first-order valence-electron chi connectivity index (χ1n) is 9.34. The molecule has 0 unspecified atom stereocenters. The van der Waals surface area contributed by atoms with Crippen LogP contribution in [0, 0.1) is 6.92 Å². The highest BCUT2D eigenvalue weighted by molar-refractivity contribution is 5.79. The SMILES string of the molecule is CCNC(=NCc1ccc(C)cc1OCCOC)NCc1cc(CC)no1. The number of rotatable bonds is 10. The van der Waals surface area contributed by atoms with Gasteiger partial charge in [0.25, 0.3) is 0 Å². The third-order valence-corrected chi connectivity index (χ3v) is 3.92. The summed E-state index contributed by atoms with van der Waals surface area (Å²) >= 11 is 0. The van der Waals surface area contributed by atoms with Gasteiger partial charge in [-0.25, -0.2) is 4.99 Å². The number of aryl methyl sites for hydroxylation is 2. The third kappa shape index (κ3) is 6.94. The van der Waals surface area contributed by atoms with E-state index in [1.807, 2.05) is 26.0 Å². The maximum Gasteiger partial charge on any atom is 0.191 e. The first-order valence-corrected chi connectivity index (χ1v) is 9.34. The molecule has 0 fully saturated rings. The lowest BCUT2D eigenvalue weighted by Gasteiger charge is -2.13. The molecule has 0 saturated carbocycles. The highest BCUT2D eigenvalue weighted by Crippen LogP contribution is 2.21. The predicted molar refractivity (Wildman–Crippen MR) is 106 cm³/mol. The number of hydrogen-bond acceptors (Lipinski definition) is 5. The number of aromatic nitrogens is 1. The highest BCUT2D eigenvalue weighted by atomic mass is 16.5. The molecule has 0 amide bonds. The van der Waals surface area contributed by atoms with E-state index in [9.17, 15) is 0 Å². The molecule has 0 aliphatic rings. The summed E-state index contributed by atoms with van der Waals surface area (Å²) in [6.07, 6.45) is 0.858. The van der Waals surface area contributed by atoms with E-state index in [4.69, 9.17) is 14.0 Å². The van der Waals surface area contributed by atoms with Crippen molar-refractivity contribution < 1.29 is 14.0 Å². The summed E-state index contributed by atoms with van der Waals surface area (Å²) in [6, 6.07) is 8.10. The van der Waals surface area contributed by atoms with Gasteiger partial charge in [-0.05, 0) is 31.9 Å². The van der Waals surface area contributed by atoms with E-state index < -0.39 is 0 Å². The lowest BCUT2D eigenvalue weighted by atomic mass is 10.1. The molecule has 0 aliphatic carbocycles. The number of benzene rings is 1. The normalized spacial score (nSPS) is 11.5. The monoisotopic (exact) mass is 374 g/mol. The summed E-state index contributed by atoms with van der Waals surface area (Å²) in [5.74, 6) is 2.35. The second-order valence-corrected chi connectivity index (χ2v) is 6.14. The third-order valence-electron chi connectivity index (χ3n) is 3.92. The quantitative estimate of drug-likeness (QED) is 0.378. The molecule has 0 aliphatic heterocycles. The lowest BCUT2D eigenvalue weighted by molar-refractivity contribution is 0.145. The summed E-state index contributed by atoms with van der Waals surface area (Å²) in [5.41, 5.74) is 3.13. The van der Waals surface area contributed by atoms with E-state index in [2.05, 4.69) is 39.8 Å². The summed E-state index contributed by atoms with van der Waals surface area (Å²) in [4.78, 5) is 4.67. The zero-order valence-corrected chi connectivity index (χ0v) is 16.7. The van der Waals surface area contributed by atoms with Gasteiger partial charge in [0.15, 0.2) is 11.7 Å². The molecule has 0 spiro atoms. The smallest absolute Gasteiger partial charge is 0.191 e. The maximum atomic E-state index is 5.84. The molecule has 1 heterocycles. The van der Waals surface area contributed by atoms with Crippen molar-refractivity contribution in [1.29, 1.82) is 0 Å². The second-order valence-electron chi connectivity index (χ2n) is 6.14. The molecule has 2 aromatic rings. The fourth-order valence-corrected chi connectivity index (χ4v) is 2.44. The number of nitrogens with one attached hydrogen (secondary N) is 2. The first-order chi connectivity index (χ1) is 13.2. The summed E-state index contributed by atoms with van der Waals surface area (Å²) in [6.45, 7) is 9.01. The van der Waals surface area contributed by atoms with Crippen molar-refractivity contribution in [2.45, 2.75) is 40.3 Å². The number of methoxy groups -OCH3 is 1. The van der Waals surface area contributed by atoms with E-state index in [-0.39, 0.29) is 0 Å². The van der Waals surface area contributed by atoms with Gasteiger partial charge < -0.3 is 24.6 Å². The second kappa shape index (κ2) is 11.2. The largest absolute Gasteiger partial charge is 0.491 e. The van der Waals surface area contributed by atoms with E-state index in [1.165, 1.54) is 0 Å². The lowest BCUT2D eigenvalue weighted by Crippen LogP contribution is -2.36. The van der Waals surface area contributed by atoms with Gasteiger partial charge in [0, 0.05) is 25.3 Å². The van der Waals surface area contributed by atoms with E-state index >= 15 is 0 Å². The fraction of sp³-hybridized carbons (Fsp3) is 0.500. The fourth-order valence-electron chi connectivity index (χ4n) is 2.44. The van der Waals surface area contributed by atoms with Crippen molar-refractivity contribution >= 4 is 5.96 Å². The van der Waals surface area contributed by atoms with Crippen LogP contribution in [0.5, 0.6) is 5.75 Å². The van der Waals surface area contributed by atoms with E-state index in [1.54, 1.807) is 7.11 Å². The number of ether oxygens (including phenoxy) is 2. The van der Waals surface area contributed by atoms with Gasteiger partial charge in [0.1, 0.15) is 12.4 Å². The Balaban J connectivity index is 2.02. The summed E-state index contributed by atoms with van der Waals surface area (Å²) < 4.78 is 16.2. The van der Waals surface area contributed by atoms with Gasteiger partial charge in [-0.1, -0.05) is 24.2 Å². The minimum atomic E-state index is 0.508. The van der Waals surface area contributed by atoms with Gasteiger partial charge in [0.05, 0.1) is 25.4 Å². The van der Waals surface area contributed by atoms with Crippen LogP contribution < -0.4 is 15.4 Å². The Bertz CT molecular complexity index is 728. The molecule has 0 bridgehead atoms. The molecule has 7 nitrogen and oxygen atoms in total. The predicted octanol–water partition coefficient (Wildman–Crippen LogP) is 2.83. The van der Waals surface area contributed by atoms with Crippen LogP contribution in [-0.4, -0.2) is 38.0 Å². The van der Waals surface area contributed by atoms with Crippen LogP contribution in [0.2, 0.25) is 0 Å². The Morgan fingerprint density at radius 2 is 2.04 bits per heavy atom. The van der Waals surface area contributed by atoms with Crippen molar-refractivity contribution in [1.82, 2.24) is 15.8 Å². The van der Waals surface area contributed by atoms with Gasteiger partial charge in [-0.3, -0.25) is 0 Å². The maximum absolute atomic E-state index is 5.84. The minimum absolute atomic E-state index is 0.508. The molecule has 2 N–H and O–H groups in total. The zero-order valence-electron chi connectivity index (χ0n) is 16.7. The van der Waals surface area contributed by atoms with Crippen molar-refractivity contribution in [3.05, 3.63) is 46.8 Å².